The average Bonchev–Trinajstić information content (AvgIpc) is 3.46. The zero-order valence-electron chi connectivity index (χ0n) is 17.0. The number of anilines is 1. The lowest BCUT2D eigenvalue weighted by molar-refractivity contribution is 0.171. The normalized spacial score (nSPS) is 27.3. The highest BCUT2D eigenvalue weighted by Gasteiger charge is 2.45. The lowest BCUT2D eigenvalue weighted by Crippen LogP contribution is -2.57. The van der Waals surface area contributed by atoms with Crippen molar-refractivity contribution in [2.24, 2.45) is 0 Å². The molecule has 0 spiro atoms. The molecule has 3 aromatic rings. The van der Waals surface area contributed by atoms with Crippen LogP contribution in [0.25, 0.3) is 17.1 Å². The molecular formula is C22H24FN7O. The molecular weight excluding hydrogens is 397 g/mol. The van der Waals surface area contributed by atoms with Gasteiger partial charge >= 0.3 is 0 Å². The van der Waals surface area contributed by atoms with Gasteiger partial charge in [-0.1, -0.05) is 0 Å². The summed E-state index contributed by atoms with van der Waals surface area (Å²) in [6, 6.07) is 7.24. The van der Waals surface area contributed by atoms with Crippen LogP contribution in [0.5, 0.6) is 5.75 Å². The van der Waals surface area contributed by atoms with Gasteiger partial charge in [0.1, 0.15) is 11.9 Å². The lowest BCUT2D eigenvalue weighted by Gasteiger charge is -2.42. The fourth-order valence-corrected chi connectivity index (χ4v) is 5.25. The van der Waals surface area contributed by atoms with Gasteiger partial charge in [0.2, 0.25) is 0 Å². The lowest BCUT2D eigenvalue weighted by atomic mass is 9.94. The second-order valence-corrected chi connectivity index (χ2v) is 8.65. The molecule has 2 N–H and O–H groups in total. The first kappa shape index (κ1) is 18.7. The molecule has 2 fully saturated rings. The second kappa shape index (κ2) is 7.26. The smallest absolute Gasteiger partial charge is 0.185 e. The van der Waals surface area contributed by atoms with Crippen LogP contribution in [0.4, 0.5) is 10.2 Å². The Hall–Kier alpha value is -3.07. The minimum absolute atomic E-state index is 0.0560. The summed E-state index contributed by atoms with van der Waals surface area (Å²) in [5.74, 6) is 1.14. The van der Waals surface area contributed by atoms with Crippen LogP contribution in [0.15, 0.2) is 36.7 Å². The molecule has 0 radical (unpaired) electrons. The van der Waals surface area contributed by atoms with E-state index < -0.39 is 6.17 Å². The average molecular weight is 421 g/mol. The molecule has 0 aliphatic carbocycles. The minimum Gasteiger partial charge on any atom is -0.507 e. The van der Waals surface area contributed by atoms with Gasteiger partial charge in [-0.3, -0.25) is 0 Å². The Balaban J connectivity index is 1.31. The van der Waals surface area contributed by atoms with E-state index in [0.29, 0.717) is 23.2 Å². The van der Waals surface area contributed by atoms with Crippen LogP contribution in [0.2, 0.25) is 0 Å². The number of aromatic hydroxyl groups is 1. The first-order valence-corrected chi connectivity index (χ1v) is 10.9. The summed E-state index contributed by atoms with van der Waals surface area (Å²) in [5.41, 5.74) is 2.09. The van der Waals surface area contributed by atoms with E-state index in [4.69, 9.17) is 4.98 Å². The van der Waals surface area contributed by atoms with Crippen LogP contribution in [0, 0.1) is 0 Å². The van der Waals surface area contributed by atoms with E-state index in [9.17, 15) is 5.11 Å². The first-order chi connectivity index (χ1) is 15.2. The van der Waals surface area contributed by atoms with Crippen molar-refractivity contribution in [2.45, 2.75) is 56.4 Å². The van der Waals surface area contributed by atoms with Crippen molar-refractivity contribution in [3.8, 4) is 22.8 Å². The summed E-state index contributed by atoms with van der Waals surface area (Å²) in [7, 11) is 0. The number of phenols is 1. The Morgan fingerprint density at radius 3 is 2.97 bits per heavy atom. The minimum atomic E-state index is -0.912. The van der Waals surface area contributed by atoms with Gasteiger partial charge in [-0.2, -0.15) is 5.10 Å². The third-order valence-electron chi connectivity index (χ3n) is 6.77. The van der Waals surface area contributed by atoms with Crippen LogP contribution in [-0.4, -0.2) is 60.9 Å². The van der Waals surface area contributed by atoms with Gasteiger partial charge in [0, 0.05) is 37.1 Å². The molecule has 5 heterocycles. The fourth-order valence-electron chi connectivity index (χ4n) is 5.25. The Kier molecular flexibility index (Phi) is 4.38. The van der Waals surface area contributed by atoms with Gasteiger partial charge < -0.3 is 15.3 Å². The largest absolute Gasteiger partial charge is 0.507 e. The van der Waals surface area contributed by atoms with Crippen molar-refractivity contribution >= 4 is 5.82 Å². The summed E-state index contributed by atoms with van der Waals surface area (Å²) in [5, 5.41) is 27.0. The molecule has 3 aliphatic rings. The van der Waals surface area contributed by atoms with Crippen molar-refractivity contribution in [3.05, 3.63) is 42.4 Å². The van der Waals surface area contributed by atoms with Crippen LogP contribution in [0.3, 0.4) is 0 Å². The number of aryl methyl sites for hydroxylation is 1. The van der Waals surface area contributed by atoms with E-state index >= 15 is 4.39 Å². The monoisotopic (exact) mass is 421 g/mol. The molecule has 2 saturated heterocycles. The molecule has 4 atom stereocenters. The number of halogens is 1. The molecule has 1 aromatic carbocycles. The van der Waals surface area contributed by atoms with Crippen molar-refractivity contribution in [1.82, 2.24) is 30.3 Å². The molecule has 0 saturated carbocycles. The first-order valence-electron chi connectivity index (χ1n) is 10.9. The molecule has 6 rings (SSSR count). The number of piperidine rings is 1. The standard InChI is InChI=1S/C22H24FN7O/c23-20-16-7-4-13(25-16)11-18(20)29-9-1-3-17-22(29)28-27-21(26-17)15-6-5-14(12-19(15)31)30-10-2-8-24-30/h2,5-6,8,10,12-13,16,18,20,25,31H,1,3-4,7,9,11H2/t13-,16+,18-,20+/m1/s1. The highest BCUT2D eigenvalue weighted by Crippen LogP contribution is 2.37. The number of rotatable bonds is 3. The van der Waals surface area contributed by atoms with Crippen LogP contribution in [0.1, 0.15) is 31.4 Å². The van der Waals surface area contributed by atoms with Gasteiger partial charge in [-0.15, -0.1) is 10.2 Å². The predicted octanol–water partition coefficient (Wildman–Crippen LogP) is 2.41. The van der Waals surface area contributed by atoms with Crippen molar-refractivity contribution in [1.29, 1.82) is 0 Å². The van der Waals surface area contributed by atoms with Crippen LogP contribution < -0.4 is 10.2 Å². The van der Waals surface area contributed by atoms with E-state index in [-0.39, 0.29) is 17.8 Å². The summed E-state index contributed by atoms with van der Waals surface area (Å²) in [6.07, 6.45) is 6.99. The van der Waals surface area contributed by atoms with Crippen LogP contribution >= 0.6 is 0 Å². The number of nitrogens with one attached hydrogen (secondary N) is 1. The third kappa shape index (κ3) is 3.15. The Bertz CT molecular complexity index is 1110. The van der Waals surface area contributed by atoms with Gasteiger partial charge in [0.05, 0.1) is 23.0 Å². The predicted molar refractivity (Wildman–Crippen MR) is 113 cm³/mol. The summed E-state index contributed by atoms with van der Waals surface area (Å²) in [6.45, 7) is 0.775. The van der Waals surface area contributed by atoms with E-state index in [1.54, 1.807) is 23.0 Å². The van der Waals surface area contributed by atoms with Gasteiger partial charge in [0.25, 0.3) is 0 Å². The Morgan fingerprint density at radius 1 is 1.19 bits per heavy atom. The Morgan fingerprint density at radius 2 is 2.13 bits per heavy atom. The summed E-state index contributed by atoms with van der Waals surface area (Å²) >= 11 is 0. The number of hydrogen-bond donors (Lipinski definition) is 2. The topological polar surface area (TPSA) is 92.0 Å². The molecule has 0 unspecified atom stereocenters. The molecule has 31 heavy (non-hydrogen) atoms. The number of phenolic OH excluding ortho intramolecular Hbond substituents is 1. The third-order valence-corrected chi connectivity index (χ3v) is 6.77. The zero-order valence-corrected chi connectivity index (χ0v) is 17.0. The molecule has 9 heteroatoms. The maximum absolute atomic E-state index is 15.2. The molecule has 2 bridgehead atoms. The van der Waals surface area contributed by atoms with Gasteiger partial charge in [-0.05, 0) is 50.3 Å². The van der Waals surface area contributed by atoms with Crippen molar-refractivity contribution in [3.63, 3.8) is 0 Å². The number of fused-ring (bicyclic) bond motifs is 3. The molecule has 2 aromatic heterocycles. The van der Waals surface area contributed by atoms with Crippen molar-refractivity contribution in [2.75, 3.05) is 11.4 Å². The highest BCUT2D eigenvalue weighted by atomic mass is 19.1. The fraction of sp³-hybridized carbons (Fsp3) is 0.455. The van der Waals surface area contributed by atoms with E-state index in [0.717, 1.165) is 50.0 Å². The number of benzene rings is 1. The molecule has 0 amide bonds. The number of aromatic nitrogens is 5. The maximum Gasteiger partial charge on any atom is 0.185 e. The molecule has 3 aliphatic heterocycles. The van der Waals surface area contributed by atoms with Gasteiger partial charge in [-0.25, -0.2) is 14.1 Å². The van der Waals surface area contributed by atoms with Crippen LogP contribution in [-0.2, 0) is 6.42 Å². The highest BCUT2D eigenvalue weighted by molar-refractivity contribution is 5.66. The Labute approximate surface area is 179 Å². The summed E-state index contributed by atoms with van der Waals surface area (Å²) in [4.78, 5) is 6.81. The SMILES string of the molecule is Oc1cc(-n2cccn2)ccc1-c1nnc2c(n1)CCCN2[C@@H]1C[C@H]2CC[C@H](N2)[C@@H]1F. The number of nitrogens with zero attached hydrogens (tertiary/aromatic N) is 6. The number of hydrogen-bond acceptors (Lipinski definition) is 7. The van der Waals surface area contributed by atoms with Crippen molar-refractivity contribution < 1.29 is 9.50 Å². The molecule has 160 valence electrons. The quantitative estimate of drug-likeness (QED) is 0.671. The molecule has 8 nitrogen and oxygen atoms in total. The second-order valence-electron chi connectivity index (χ2n) is 8.65. The maximum atomic E-state index is 15.2. The van der Waals surface area contributed by atoms with Gasteiger partial charge in [0.15, 0.2) is 11.6 Å². The van der Waals surface area contributed by atoms with E-state index in [1.165, 1.54) is 0 Å². The van der Waals surface area contributed by atoms with E-state index in [2.05, 4.69) is 25.5 Å². The van der Waals surface area contributed by atoms with E-state index in [1.807, 2.05) is 18.3 Å². The zero-order chi connectivity index (χ0) is 20.9. The summed E-state index contributed by atoms with van der Waals surface area (Å²) < 4.78 is 16.8. The number of alkyl halides is 1.